The number of nitrogens with one attached hydrogen (secondary N) is 4. The molecule has 9 N–H and O–H groups in total. The maximum absolute atomic E-state index is 12.3. The third-order valence-electron chi connectivity index (χ3n) is 4.05. The minimum absolute atomic E-state index is 0.0442. The molecule has 0 radical (unpaired) electrons. The van der Waals surface area contributed by atoms with E-state index >= 15 is 0 Å². The zero-order chi connectivity index (χ0) is 24.3. The molecule has 0 fully saturated rings. The van der Waals surface area contributed by atoms with E-state index in [1.807, 2.05) is 5.32 Å². The lowest BCUT2D eigenvalue weighted by Gasteiger charge is -2.19. The van der Waals surface area contributed by atoms with Crippen molar-refractivity contribution in [2.24, 2.45) is 5.73 Å². The van der Waals surface area contributed by atoms with Gasteiger partial charge in [0, 0.05) is 24.7 Å². The Hall–Kier alpha value is -4.01. The largest absolute Gasteiger partial charge is 0.481 e. The molecule has 0 bridgehead atoms. The third-order valence-corrected chi connectivity index (χ3v) is 4.05. The summed E-state index contributed by atoms with van der Waals surface area (Å²) in [6, 6.07) is -4.16. The predicted molar refractivity (Wildman–Crippen MR) is 104 cm³/mol. The molecule has 0 aliphatic carbocycles. The molecule has 0 spiro atoms. The van der Waals surface area contributed by atoms with Crippen LogP contribution in [0.5, 0.6) is 0 Å². The lowest BCUT2D eigenvalue weighted by atomic mass is 10.1. The Kier molecular flexibility index (Phi) is 10.3. The van der Waals surface area contributed by atoms with Gasteiger partial charge in [-0.15, -0.1) is 0 Å². The van der Waals surface area contributed by atoms with Crippen LogP contribution in [0, 0.1) is 0 Å². The van der Waals surface area contributed by atoms with Gasteiger partial charge >= 0.3 is 17.9 Å². The van der Waals surface area contributed by atoms with Gasteiger partial charge in [-0.2, -0.15) is 0 Å². The van der Waals surface area contributed by atoms with E-state index in [0.29, 0.717) is 5.69 Å². The Bertz CT molecular complexity index is 842. The second-order valence-electron chi connectivity index (χ2n) is 6.66. The molecular weight excluding hydrogens is 432 g/mol. The van der Waals surface area contributed by atoms with Crippen molar-refractivity contribution in [2.45, 2.75) is 43.8 Å². The molecule has 1 heterocycles. The minimum atomic E-state index is -1.55. The van der Waals surface area contributed by atoms with Gasteiger partial charge < -0.3 is 42.0 Å². The van der Waals surface area contributed by atoms with Gasteiger partial charge in [0.2, 0.25) is 17.7 Å². The highest BCUT2D eigenvalue weighted by Crippen LogP contribution is 2.00. The molecule has 1 aromatic rings. The molecule has 0 saturated carbocycles. The van der Waals surface area contributed by atoms with Crippen LogP contribution < -0.4 is 21.7 Å². The average molecular weight is 456 g/mol. The van der Waals surface area contributed by atoms with Crippen LogP contribution in [-0.2, 0) is 35.2 Å². The average Bonchev–Trinajstić information content (AvgIpc) is 3.20. The summed E-state index contributed by atoms with van der Waals surface area (Å²) in [5, 5.41) is 32.9. The molecule has 3 atom stereocenters. The number of carbonyl (C=O) groups excluding carboxylic acids is 3. The zero-order valence-corrected chi connectivity index (χ0v) is 16.7. The first-order valence-corrected chi connectivity index (χ1v) is 9.26. The van der Waals surface area contributed by atoms with E-state index in [4.69, 9.17) is 21.1 Å². The van der Waals surface area contributed by atoms with Gasteiger partial charge in [-0.3, -0.25) is 24.0 Å². The van der Waals surface area contributed by atoms with Crippen LogP contribution in [0.25, 0.3) is 0 Å². The molecule has 15 nitrogen and oxygen atoms in total. The number of carboxylic acids is 3. The summed E-state index contributed by atoms with van der Waals surface area (Å²) in [5.74, 6) is -6.90. The lowest BCUT2D eigenvalue weighted by molar-refractivity contribution is -0.143. The van der Waals surface area contributed by atoms with Crippen LogP contribution in [0.1, 0.15) is 25.0 Å². The van der Waals surface area contributed by atoms with Gasteiger partial charge in [0.1, 0.15) is 12.1 Å². The molecule has 1 rings (SSSR count). The van der Waals surface area contributed by atoms with E-state index in [1.165, 1.54) is 12.5 Å². The molecule has 3 amide bonds. The Morgan fingerprint density at radius 3 is 2.22 bits per heavy atom. The van der Waals surface area contributed by atoms with Crippen molar-refractivity contribution in [3.8, 4) is 0 Å². The van der Waals surface area contributed by atoms with Crippen LogP contribution in [-0.4, -0.2) is 85.6 Å². The van der Waals surface area contributed by atoms with Crippen molar-refractivity contribution in [3.63, 3.8) is 0 Å². The second kappa shape index (κ2) is 12.6. The number of H-pyrrole nitrogens is 1. The van der Waals surface area contributed by atoms with Gasteiger partial charge in [0.25, 0.3) is 0 Å². The fourth-order valence-electron chi connectivity index (χ4n) is 2.45. The first kappa shape index (κ1) is 26.0. The normalized spacial score (nSPS) is 13.3. The molecule has 0 aliphatic heterocycles. The number of nitrogens with zero attached hydrogens (tertiary/aromatic N) is 1. The highest BCUT2D eigenvalue weighted by molar-refractivity contribution is 5.94. The van der Waals surface area contributed by atoms with Gasteiger partial charge in [0.05, 0.1) is 25.3 Å². The number of aromatic nitrogens is 2. The van der Waals surface area contributed by atoms with Crippen LogP contribution >= 0.6 is 0 Å². The Labute approximate surface area is 180 Å². The molecule has 0 aromatic carbocycles. The summed E-state index contributed by atoms with van der Waals surface area (Å²) in [6.45, 7) is -0.734. The maximum Gasteiger partial charge on any atom is 0.326 e. The van der Waals surface area contributed by atoms with Crippen molar-refractivity contribution in [2.75, 3.05) is 6.54 Å². The van der Waals surface area contributed by atoms with Gasteiger partial charge in [-0.25, -0.2) is 9.78 Å². The van der Waals surface area contributed by atoms with E-state index in [2.05, 4.69) is 20.6 Å². The summed E-state index contributed by atoms with van der Waals surface area (Å²) in [5.41, 5.74) is 6.28. The molecule has 32 heavy (non-hydrogen) atoms. The van der Waals surface area contributed by atoms with E-state index in [0.717, 1.165) is 0 Å². The number of imidazole rings is 1. The number of aliphatic carboxylic acids is 3. The first-order valence-electron chi connectivity index (χ1n) is 9.26. The highest BCUT2D eigenvalue weighted by atomic mass is 16.4. The molecule has 15 heteroatoms. The van der Waals surface area contributed by atoms with Crippen LogP contribution in [0.15, 0.2) is 12.5 Å². The van der Waals surface area contributed by atoms with Gasteiger partial charge in [0.15, 0.2) is 0 Å². The third kappa shape index (κ3) is 9.66. The van der Waals surface area contributed by atoms with Gasteiger partial charge in [-0.1, -0.05) is 0 Å². The summed E-state index contributed by atoms with van der Waals surface area (Å²) in [7, 11) is 0. The van der Waals surface area contributed by atoms with E-state index < -0.39 is 73.1 Å². The van der Waals surface area contributed by atoms with Crippen molar-refractivity contribution in [3.05, 3.63) is 18.2 Å². The van der Waals surface area contributed by atoms with E-state index in [-0.39, 0.29) is 12.8 Å². The lowest BCUT2D eigenvalue weighted by Crippen LogP contribution is -2.54. The number of hydrogen-bond acceptors (Lipinski definition) is 8. The molecule has 1 aromatic heterocycles. The topological polar surface area (TPSA) is 254 Å². The molecular formula is C17H24N6O9. The zero-order valence-electron chi connectivity index (χ0n) is 16.7. The number of rotatable bonds is 14. The standard InChI is InChI=1S/C17H24N6O9/c18-9(3-8-5-19-7-21-8)15(29)23-11(4-14(27)28)16(30)20-6-12(24)22-10(17(31)32)1-2-13(25)26/h5,7,9-11H,1-4,6,18H2,(H,19,21)(H,20,30)(H,22,24)(H,23,29)(H,25,26)(H,27,28)(H,31,32). The number of aromatic amines is 1. The van der Waals surface area contributed by atoms with Crippen LogP contribution in [0.4, 0.5) is 0 Å². The van der Waals surface area contributed by atoms with Crippen molar-refractivity contribution in [1.29, 1.82) is 0 Å². The fourth-order valence-corrected chi connectivity index (χ4v) is 2.45. The van der Waals surface area contributed by atoms with Gasteiger partial charge in [-0.05, 0) is 6.42 Å². The summed E-state index contributed by atoms with van der Waals surface area (Å²) < 4.78 is 0. The number of carboxylic acid groups (broad SMARTS) is 3. The van der Waals surface area contributed by atoms with Crippen LogP contribution in [0.3, 0.4) is 0 Å². The first-order chi connectivity index (χ1) is 15.0. The number of hydrogen-bond donors (Lipinski definition) is 8. The summed E-state index contributed by atoms with van der Waals surface area (Å²) in [6.07, 6.45) is 1.18. The molecule has 0 aliphatic rings. The Morgan fingerprint density at radius 1 is 1.00 bits per heavy atom. The Balaban J connectivity index is 2.63. The molecule has 3 unspecified atom stereocenters. The fraction of sp³-hybridized carbons (Fsp3) is 0.471. The summed E-state index contributed by atoms with van der Waals surface area (Å²) >= 11 is 0. The molecule has 0 saturated heterocycles. The SMILES string of the molecule is NC(Cc1cnc[nH]1)C(=O)NC(CC(=O)O)C(=O)NCC(=O)NC(CCC(=O)O)C(=O)O. The number of carbonyl (C=O) groups is 6. The van der Waals surface area contributed by atoms with E-state index in [1.54, 1.807) is 0 Å². The predicted octanol–water partition coefficient (Wildman–Crippen LogP) is -3.21. The van der Waals surface area contributed by atoms with Crippen molar-refractivity contribution in [1.82, 2.24) is 25.9 Å². The quantitative estimate of drug-likeness (QED) is 0.138. The van der Waals surface area contributed by atoms with Crippen molar-refractivity contribution >= 4 is 35.6 Å². The monoisotopic (exact) mass is 456 g/mol. The smallest absolute Gasteiger partial charge is 0.326 e. The van der Waals surface area contributed by atoms with E-state index in [9.17, 15) is 28.8 Å². The minimum Gasteiger partial charge on any atom is -0.481 e. The number of nitrogens with two attached hydrogens (primary N) is 1. The maximum atomic E-state index is 12.3. The Morgan fingerprint density at radius 2 is 1.69 bits per heavy atom. The number of amides is 3. The van der Waals surface area contributed by atoms with Crippen molar-refractivity contribution < 1.29 is 44.1 Å². The van der Waals surface area contributed by atoms with Crippen LogP contribution in [0.2, 0.25) is 0 Å². The highest BCUT2D eigenvalue weighted by Gasteiger charge is 2.27. The summed E-state index contributed by atoms with van der Waals surface area (Å²) in [4.78, 5) is 75.6. The molecule has 176 valence electrons. The second-order valence-corrected chi connectivity index (χ2v) is 6.66.